The van der Waals surface area contributed by atoms with Crippen LogP contribution in [-0.4, -0.2) is 27.6 Å². The van der Waals surface area contributed by atoms with Crippen molar-refractivity contribution < 1.29 is 14.5 Å². The number of hydrazone groups is 1. The van der Waals surface area contributed by atoms with E-state index in [4.69, 9.17) is 5.73 Å². The van der Waals surface area contributed by atoms with Crippen LogP contribution in [0.25, 0.3) is 6.08 Å². The number of nitrogens with zero attached hydrogens (tertiary/aromatic N) is 3. The number of allylic oxidation sites excluding steroid dienone is 1. The molecule has 0 aliphatic heterocycles. The fourth-order valence-corrected chi connectivity index (χ4v) is 2.88. The van der Waals surface area contributed by atoms with Gasteiger partial charge < -0.3 is 5.73 Å². The molecule has 0 fully saturated rings. The van der Waals surface area contributed by atoms with E-state index in [2.05, 4.69) is 26.4 Å². The zero-order chi connectivity index (χ0) is 20.7. The van der Waals surface area contributed by atoms with E-state index in [9.17, 15) is 19.7 Å². The molecule has 5 N–H and O–H groups in total. The molecule has 0 spiro atoms. The van der Waals surface area contributed by atoms with Crippen LogP contribution in [0.4, 0.5) is 15.6 Å². The van der Waals surface area contributed by atoms with Crippen molar-refractivity contribution in [3.63, 3.8) is 0 Å². The van der Waals surface area contributed by atoms with Gasteiger partial charge in [-0.15, -0.1) is 0 Å². The maximum atomic E-state index is 11.0. The molecule has 0 aliphatic rings. The van der Waals surface area contributed by atoms with Crippen LogP contribution in [-0.2, 0) is 4.79 Å². The summed E-state index contributed by atoms with van der Waals surface area (Å²) in [6.07, 6.45) is 3.28. The lowest BCUT2D eigenvalue weighted by Crippen LogP contribution is -2.26. The number of nitrogens with two attached hydrogens (primary N) is 1. The number of nitro benzene ring substituents is 1. The first kappa shape index (κ1) is 20.5. The smallest absolute Gasteiger partial charge is 0.332 e. The molecule has 0 aliphatic carbocycles. The first-order valence-corrected chi connectivity index (χ1v) is 8.64. The van der Waals surface area contributed by atoms with Crippen LogP contribution in [0.3, 0.4) is 0 Å². The summed E-state index contributed by atoms with van der Waals surface area (Å²) in [7, 11) is 0. The lowest BCUT2D eigenvalue weighted by molar-refractivity contribution is -0.384. The van der Waals surface area contributed by atoms with Crippen molar-refractivity contribution in [1.29, 1.82) is 0 Å². The number of hydrogen-bond acceptors (Lipinski definition) is 8. The average molecular weight is 403 g/mol. The molecule has 3 amide bonds. The minimum absolute atomic E-state index is 0.0200. The van der Waals surface area contributed by atoms with Crippen LogP contribution in [0.15, 0.2) is 35.4 Å². The van der Waals surface area contributed by atoms with Gasteiger partial charge in [-0.05, 0) is 30.7 Å². The number of urea groups is 1. The van der Waals surface area contributed by atoms with Gasteiger partial charge in [-0.3, -0.25) is 25.8 Å². The van der Waals surface area contributed by atoms with Crippen LogP contribution in [0.2, 0.25) is 0 Å². The second-order valence-corrected chi connectivity index (χ2v) is 6.39. The maximum absolute atomic E-state index is 11.0. The van der Waals surface area contributed by atoms with Crippen molar-refractivity contribution in [2.75, 3.05) is 5.43 Å². The predicted octanol–water partition coefficient (Wildman–Crippen LogP) is 1.91. The Morgan fingerprint density at radius 2 is 2.00 bits per heavy atom. The lowest BCUT2D eigenvalue weighted by Gasteiger charge is -2.01. The maximum Gasteiger partial charge on any atom is 0.332 e. The third kappa shape index (κ3) is 5.88. The van der Waals surface area contributed by atoms with Crippen LogP contribution < -0.4 is 22.0 Å². The summed E-state index contributed by atoms with van der Waals surface area (Å²) >= 11 is 1.20. The number of non-ortho nitro benzene ring substituents is 1. The van der Waals surface area contributed by atoms with Gasteiger partial charge in [-0.1, -0.05) is 17.4 Å². The Morgan fingerprint density at radius 3 is 2.57 bits per heavy atom. The predicted molar refractivity (Wildman–Crippen MR) is 106 cm³/mol. The fourth-order valence-electron chi connectivity index (χ4n) is 1.99. The van der Waals surface area contributed by atoms with Gasteiger partial charge in [0.1, 0.15) is 5.71 Å². The molecule has 1 aromatic heterocycles. The molecule has 1 heterocycles. The van der Waals surface area contributed by atoms with E-state index in [0.717, 1.165) is 0 Å². The molecule has 2 rings (SSSR count). The number of amides is 3. The van der Waals surface area contributed by atoms with E-state index < -0.39 is 11.0 Å². The first-order valence-electron chi connectivity index (χ1n) is 7.82. The highest BCUT2D eigenvalue weighted by atomic mass is 32.1. The van der Waals surface area contributed by atoms with Gasteiger partial charge in [0.25, 0.3) is 5.69 Å². The van der Waals surface area contributed by atoms with Crippen LogP contribution in [0.1, 0.15) is 23.1 Å². The van der Waals surface area contributed by atoms with Crippen molar-refractivity contribution in [3.8, 4) is 0 Å². The number of aryl methyl sites for hydroxylation is 1. The lowest BCUT2D eigenvalue weighted by atomic mass is 10.1. The van der Waals surface area contributed by atoms with Crippen molar-refractivity contribution in [2.24, 2.45) is 10.8 Å². The van der Waals surface area contributed by atoms with Gasteiger partial charge in [0.15, 0.2) is 0 Å². The molecule has 0 bridgehead atoms. The molecule has 11 nitrogen and oxygen atoms in total. The standard InChI is InChI=1S/C16H17N7O4S/c1-9-14(28-16(18-9)22-19-10(2)24)13(20-21-15(17)25)8-5-11-3-6-12(7-4-11)23(26)27/h3-8H,1-2H3,(H,18,22)(H,19,24)(H3,17,21,25)/b8-5+,20-13-. The zero-order valence-corrected chi connectivity index (χ0v) is 15.7. The normalized spacial score (nSPS) is 11.3. The summed E-state index contributed by atoms with van der Waals surface area (Å²) in [4.78, 5) is 37.2. The highest BCUT2D eigenvalue weighted by molar-refractivity contribution is 7.17. The molecule has 12 heteroatoms. The largest absolute Gasteiger partial charge is 0.350 e. The number of hydrogen-bond donors (Lipinski definition) is 4. The zero-order valence-electron chi connectivity index (χ0n) is 14.9. The molecule has 0 saturated carbocycles. The number of primary amides is 1. The molecule has 28 heavy (non-hydrogen) atoms. The summed E-state index contributed by atoms with van der Waals surface area (Å²) < 4.78 is 0. The van der Waals surface area contributed by atoms with Gasteiger partial charge in [0.05, 0.1) is 15.5 Å². The van der Waals surface area contributed by atoms with Gasteiger partial charge >= 0.3 is 6.03 Å². The van der Waals surface area contributed by atoms with Gasteiger partial charge in [0, 0.05) is 19.1 Å². The van der Waals surface area contributed by atoms with Crippen molar-refractivity contribution in [3.05, 3.63) is 56.6 Å². The fraction of sp³-hybridized carbons (Fsp3) is 0.125. The Hall–Kier alpha value is -3.80. The van der Waals surface area contributed by atoms with Crippen LogP contribution >= 0.6 is 11.3 Å². The third-order valence-electron chi connectivity index (χ3n) is 3.20. The number of thiazole rings is 1. The summed E-state index contributed by atoms with van der Waals surface area (Å²) in [6, 6.07) is 5.09. The van der Waals surface area contributed by atoms with Crippen LogP contribution in [0, 0.1) is 17.0 Å². The highest BCUT2D eigenvalue weighted by Crippen LogP contribution is 2.24. The Kier molecular flexibility index (Phi) is 6.76. The number of benzene rings is 1. The SMILES string of the molecule is CC(=O)NNc1nc(C)c(C(/C=C/c2ccc([N+](=O)[O-])cc2)=N\NC(N)=O)s1. The second kappa shape index (κ2) is 9.23. The van der Waals surface area contributed by atoms with E-state index >= 15 is 0 Å². The number of nitrogens with one attached hydrogen (secondary N) is 3. The van der Waals surface area contributed by atoms with Crippen LogP contribution in [0.5, 0.6) is 0 Å². The Bertz CT molecular complexity index is 950. The van der Waals surface area contributed by atoms with Gasteiger partial charge in [-0.25, -0.2) is 15.2 Å². The number of carbonyl (C=O) groups excluding carboxylic acids is 2. The van der Waals surface area contributed by atoms with E-state index in [-0.39, 0.29) is 11.6 Å². The molecule has 2 aromatic rings. The number of aromatic nitrogens is 1. The Morgan fingerprint density at radius 1 is 1.32 bits per heavy atom. The summed E-state index contributed by atoms with van der Waals surface area (Å²) in [5.74, 6) is -0.281. The topological polar surface area (TPSA) is 165 Å². The number of carbonyl (C=O) groups is 2. The Balaban J connectivity index is 2.29. The molecule has 0 saturated heterocycles. The average Bonchev–Trinajstić information content (AvgIpc) is 3.01. The number of anilines is 1. The van der Waals surface area contributed by atoms with Gasteiger partial charge in [-0.2, -0.15) is 5.10 Å². The van der Waals surface area contributed by atoms with Crippen molar-refractivity contribution in [2.45, 2.75) is 13.8 Å². The van der Waals surface area contributed by atoms with E-state index in [1.807, 2.05) is 0 Å². The number of rotatable bonds is 7. The number of nitro groups is 1. The summed E-state index contributed by atoms with van der Waals surface area (Å²) in [5, 5.41) is 15.1. The molecule has 0 atom stereocenters. The van der Waals surface area contributed by atoms with Crippen molar-refractivity contribution >= 4 is 45.9 Å². The highest BCUT2D eigenvalue weighted by Gasteiger charge is 2.13. The molecule has 1 aromatic carbocycles. The van der Waals surface area contributed by atoms with E-state index in [1.54, 1.807) is 31.2 Å². The number of hydrazine groups is 1. The third-order valence-corrected chi connectivity index (χ3v) is 4.29. The first-order chi connectivity index (χ1) is 13.3. The molecule has 0 unspecified atom stereocenters. The molecule has 146 valence electrons. The minimum Gasteiger partial charge on any atom is -0.350 e. The monoisotopic (exact) mass is 403 g/mol. The van der Waals surface area contributed by atoms with Gasteiger partial charge in [0.2, 0.25) is 11.0 Å². The summed E-state index contributed by atoms with van der Waals surface area (Å²) in [5.41, 5.74) is 14.0. The minimum atomic E-state index is -0.833. The second-order valence-electron chi connectivity index (χ2n) is 5.39. The Labute approximate surface area is 163 Å². The van der Waals surface area contributed by atoms with Crippen molar-refractivity contribution in [1.82, 2.24) is 15.8 Å². The summed E-state index contributed by atoms with van der Waals surface area (Å²) in [6.45, 7) is 3.09. The molecular weight excluding hydrogens is 386 g/mol. The quantitative estimate of drug-likeness (QED) is 0.313. The molecular formula is C16H17N7O4S. The van der Waals surface area contributed by atoms with E-state index in [0.29, 0.717) is 27.0 Å². The molecule has 0 radical (unpaired) electrons. The van der Waals surface area contributed by atoms with E-state index in [1.165, 1.54) is 30.4 Å².